The second-order valence-corrected chi connectivity index (χ2v) is 7.78. The quantitative estimate of drug-likeness (QED) is 0.289. The molecule has 0 saturated carbocycles. The van der Waals surface area contributed by atoms with Crippen LogP contribution in [0.2, 0.25) is 0 Å². The minimum Gasteiger partial charge on any atom is -0.478 e. The molecule has 0 bridgehead atoms. The van der Waals surface area contributed by atoms with Crippen LogP contribution >= 0.6 is 38.5 Å². The first-order valence-corrected chi connectivity index (χ1v) is 9.15. The van der Waals surface area contributed by atoms with Crippen LogP contribution in [-0.4, -0.2) is 35.7 Å². The van der Waals surface area contributed by atoms with Crippen molar-refractivity contribution >= 4 is 56.2 Å². The molecule has 0 unspecified atom stereocenters. The number of aryl methyl sites for hydroxylation is 1. The van der Waals surface area contributed by atoms with E-state index in [2.05, 4.69) is 26.0 Å². The maximum atomic E-state index is 14.0. The molecule has 0 aliphatic carbocycles. The van der Waals surface area contributed by atoms with Gasteiger partial charge in [0, 0.05) is 35.8 Å². The molecule has 2 heterocycles. The van der Waals surface area contributed by atoms with E-state index < -0.39 is 56.2 Å². The molecule has 16 heteroatoms. The van der Waals surface area contributed by atoms with Crippen LogP contribution in [0.3, 0.4) is 0 Å². The molecule has 0 aliphatic heterocycles. The smallest absolute Gasteiger partial charge is 0.420 e. The Morgan fingerprint density at radius 2 is 1.77 bits per heavy atom. The van der Waals surface area contributed by atoms with Crippen molar-refractivity contribution in [1.29, 1.82) is 0 Å². The molecule has 0 aliphatic rings. The van der Waals surface area contributed by atoms with Crippen molar-refractivity contribution in [2.45, 2.75) is 16.0 Å². The van der Waals surface area contributed by atoms with E-state index >= 15 is 0 Å². The molecule has 30 heavy (non-hydrogen) atoms. The zero-order valence-corrected chi connectivity index (χ0v) is 17.9. The number of aromatic nitrogens is 3. The Morgan fingerprint density at radius 1 is 1.20 bits per heavy atom. The first-order chi connectivity index (χ1) is 13.5. The number of carboxylic acids is 1. The lowest BCUT2D eigenvalue weighted by molar-refractivity contribution is -0.165. The Bertz CT molecular complexity index is 1020. The third-order valence-electron chi connectivity index (χ3n) is 3.53. The molecule has 1 amide bonds. The van der Waals surface area contributed by atoms with E-state index in [1.165, 1.54) is 0 Å². The van der Waals surface area contributed by atoms with Crippen LogP contribution in [0.15, 0.2) is 16.7 Å². The van der Waals surface area contributed by atoms with Gasteiger partial charge in [-0.3, -0.25) is 9.48 Å². The number of pyridine rings is 1. The van der Waals surface area contributed by atoms with Crippen LogP contribution in [0.1, 0.15) is 32.1 Å². The van der Waals surface area contributed by atoms with Gasteiger partial charge in [0.15, 0.2) is 5.69 Å². The summed E-state index contributed by atoms with van der Waals surface area (Å²) < 4.78 is 89.9. The molecule has 2 aromatic rings. The Labute approximate surface area is 183 Å². The van der Waals surface area contributed by atoms with E-state index in [0.717, 1.165) is 12.3 Å². The predicted molar refractivity (Wildman–Crippen MR) is 97.9 cm³/mol. The summed E-state index contributed by atoms with van der Waals surface area (Å²) in [5, 5.41) is 13.6. The van der Waals surface area contributed by atoms with Gasteiger partial charge in [-0.2, -0.15) is 35.8 Å². The highest BCUT2D eigenvalue weighted by Crippen LogP contribution is 2.50. The third kappa shape index (κ3) is 4.52. The van der Waals surface area contributed by atoms with Crippen LogP contribution in [0.25, 0.3) is 0 Å². The van der Waals surface area contributed by atoms with E-state index in [4.69, 9.17) is 5.11 Å². The van der Waals surface area contributed by atoms with Gasteiger partial charge in [0.1, 0.15) is 17.1 Å². The van der Waals surface area contributed by atoms with Gasteiger partial charge in [-0.05, 0) is 22.0 Å². The fraction of sp³-hybridized carbons (Fsp3) is 0.286. The standard InChI is InChI=1S/C14H7BrF7IN4O3/c1-27-8(10(28)25-6-2-4(11(29)30)5(15)3-24-6)7(13(18,19)20)9(26-27)12(16,17)14(21,22)23/h2-3H,1H3,(H,29,30)(H,24,25,28). The number of carbonyl (C=O) groups excluding carboxylic acids is 1. The lowest BCUT2D eigenvalue weighted by atomic mass is 10.1. The monoisotopic (exact) mass is 618 g/mol. The van der Waals surface area contributed by atoms with E-state index in [1.54, 1.807) is 0 Å². The zero-order chi connectivity index (χ0) is 23.2. The summed E-state index contributed by atoms with van der Waals surface area (Å²) in [7, 11) is 0.673. The molecular formula is C14H7BrF7IN4O3. The SMILES string of the molecule is Cn1nc(C(F)(F)C(F)(F)I)c(C(F)(F)F)c1C(=O)Nc1cc(C(=O)O)c(Br)cn1. The van der Waals surface area contributed by atoms with Crippen molar-refractivity contribution in [2.24, 2.45) is 7.05 Å². The van der Waals surface area contributed by atoms with Gasteiger partial charge in [-0.1, -0.05) is 0 Å². The normalized spacial score (nSPS) is 12.7. The van der Waals surface area contributed by atoms with E-state index in [1.807, 2.05) is 5.32 Å². The number of aromatic carboxylic acids is 1. The number of alkyl halides is 8. The number of carboxylic acid groups (broad SMARTS) is 1. The van der Waals surface area contributed by atoms with Crippen LogP contribution in [-0.2, 0) is 19.1 Å². The summed E-state index contributed by atoms with van der Waals surface area (Å²) in [5.74, 6) is -9.05. The fourth-order valence-corrected chi connectivity index (χ4v) is 2.90. The lowest BCUT2D eigenvalue weighted by Crippen LogP contribution is -2.35. The summed E-state index contributed by atoms with van der Waals surface area (Å²) in [6.45, 7) is 0. The molecule has 164 valence electrons. The molecule has 2 N–H and O–H groups in total. The van der Waals surface area contributed by atoms with Gasteiger partial charge in [0.25, 0.3) is 5.91 Å². The molecule has 0 radical (unpaired) electrons. The molecule has 2 rings (SSSR count). The second-order valence-electron chi connectivity index (χ2n) is 5.57. The number of hydrogen-bond donors (Lipinski definition) is 2. The summed E-state index contributed by atoms with van der Waals surface area (Å²) >= 11 is 2.83. The molecular weight excluding hydrogens is 612 g/mol. The van der Waals surface area contributed by atoms with Crippen molar-refractivity contribution in [3.05, 3.63) is 39.3 Å². The highest BCUT2D eigenvalue weighted by Gasteiger charge is 2.61. The summed E-state index contributed by atoms with van der Waals surface area (Å²) in [6, 6.07) is 0.780. The zero-order valence-electron chi connectivity index (χ0n) is 14.2. The van der Waals surface area contributed by atoms with E-state index in [-0.39, 0.29) is 31.7 Å². The molecule has 0 saturated heterocycles. The Hall–Kier alpha value is -1.98. The molecule has 0 spiro atoms. The number of halogens is 9. The number of anilines is 1. The van der Waals surface area contributed by atoms with Gasteiger partial charge < -0.3 is 10.4 Å². The Morgan fingerprint density at radius 3 is 2.23 bits per heavy atom. The Kier molecular flexibility index (Phi) is 6.42. The Balaban J connectivity index is 2.61. The van der Waals surface area contributed by atoms with Gasteiger partial charge in [-0.25, -0.2) is 9.78 Å². The molecule has 0 aromatic carbocycles. The molecule has 0 fully saturated rings. The maximum absolute atomic E-state index is 14.0. The predicted octanol–water partition coefficient (Wildman–Crippen LogP) is 4.67. The van der Waals surface area contributed by atoms with Crippen LogP contribution in [0.4, 0.5) is 36.6 Å². The average molecular weight is 619 g/mol. The van der Waals surface area contributed by atoms with Crippen molar-refractivity contribution in [2.75, 3.05) is 5.32 Å². The van der Waals surface area contributed by atoms with Crippen molar-refractivity contribution in [3.63, 3.8) is 0 Å². The van der Waals surface area contributed by atoms with Gasteiger partial charge in [0.2, 0.25) is 0 Å². The average Bonchev–Trinajstić information content (AvgIpc) is 2.93. The first kappa shape index (κ1) is 24.3. The van der Waals surface area contributed by atoms with Crippen molar-refractivity contribution < 1.29 is 45.4 Å². The highest BCUT2D eigenvalue weighted by atomic mass is 127. The highest BCUT2D eigenvalue weighted by molar-refractivity contribution is 14.1. The first-order valence-electron chi connectivity index (χ1n) is 7.27. The number of nitrogens with zero attached hydrogens (tertiary/aromatic N) is 3. The van der Waals surface area contributed by atoms with Crippen molar-refractivity contribution in [3.8, 4) is 0 Å². The number of amides is 1. The summed E-state index contributed by atoms with van der Waals surface area (Å²) in [6.07, 6.45) is -4.73. The molecule has 2 aromatic heterocycles. The third-order valence-corrected chi connectivity index (χ3v) is 4.84. The molecule has 7 nitrogen and oxygen atoms in total. The number of hydrogen-bond acceptors (Lipinski definition) is 4. The van der Waals surface area contributed by atoms with Crippen LogP contribution in [0, 0.1) is 0 Å². The summed E-state index contributed by atoms with van der Waals surface area (Å²) in [5.41, 5.74) is -6.62. The number of carbonyl (C=O) groups is 2. The van der Waals surface area contributed by atoms with E-state index in [0.29, 0.717) is 7.05 Å². The van der Waals surface area contributed by atoms with Gasteiger partial charge in [-0.15, -0.1) is 0 Å². The second kappa shape index (κ2) is 7.93. The minimum absolute atomic E-state index is 0.0179. The number of rotatable bonds is 5. The lowest BCUT2D eigenvalue weighted by Gasteiger charge is -2.21. The fourth-order valence-electron chi connectivity index (χ4n) is 2.25. The van der Waals surface area contributed by atoms with Crippen molar-refractivity contribution in [1.82, 2.24) is 14.8 Å². The maximum Gasteiger partial charge on any atom is 0.420 e. The van der Waals surface area contributed by atoms with Gasteiger partial charge >= 0.3 is 22.0 Å². The minimum atomic E-state index is -5.65. The summed E-state index contributed by atoms with van der Waals surface area (Å²) in [4.78, 5) is 27.0. The topological polar surface area (TPSA) is 97.1 Å². The molecule has 0 atom stereocenters. The largest absolute Gasteiger partial charge is 0.478 e. The van der Waals surface area contributed by atoms with Crippen LogP contribution < -0.4 is 5.32 Å². The van der Waals surface area contributed by atoms with E-state index in [9.17, 15) is 40.3 Å². The van der Waals surface area contributed by atoms with Gasteiger partial charge in [0.05, 0.1) is 10.0 Å². The number of nitrogens with one attached hydrogen (secondary N) is 1. The van der Waals surface area contributed by atoms with Crippen LogP contribution in [0.5, 0.6) is 0 Å².